The molecule has 3 aromatic rings. The van der Waals surface area contributed by atoms with Crippen LogP contribution in [0.3, 0.4) is 0 Å². The van der Waals surface area contributed by atoms with Crippen molar-refractivity contribution in [2.75, 3.05) is 31.8 Å². The van der Waals surface area contributed by atoms with E-state index in [-0.39, 0.29) is 16.6 Å². The highest BCUT2D eigenvalue weighted by atomic mass is 35.5. The lowest BCUT2D eigenvalue weighted by Crippen LogP contribution is -2.21. The van der Waals surface area contributed by atoms with E-state index in [0.29, 0.717) is 37.8 Å². The highest BCUT2D eigenvalue weighted by molar-refractivity contribution is 7.80. The number of anilines is 2. The third-order valence-corrected chi connectivity index (χ3v) is 6.71. The van der Waals surface area contributed by atoms with Crippen LogP contribution in [0, 0.1) is 6.92 Å². The van der Waals surface area contributed by atoms with Crippen molar-refractivity contribution in [1.29, 1.82) is 0 Å². The molecule has 0 saturated heterocycles. The molecule has 0 aliphatic carbocycles. The Balaban J connectivity index is 1.74. The zero-order chi connectivity index (χ0) is 24.3. The summed E-state index contributed by atoms with van der Waals surface area (Å²) < 4.78 is 6.61. The molecule has 8 nitrogen and oxygen atoms in total. The van der Waals surface area contributed by atoms with Crippen LogP contribution in [-0.4, -0.2) is 52.9 Å². The summed E-state index contributed by atoms with van der Waals surface area (Å²) in [5.41, 5.74) is 1.73. The van der Waals surface area contributed by atoms with Crippen LogP contribution in [0.2, 0.25) is 10.0 Å². The molecule has 1 aromatic carbocycles. The average molecular weight is 526 g/mol. The van der Waals surface area contributed by atoms with Gasteiger partial charge in [0.2, 0.25) is 0 Å². The minimum Gasteiger partial charge on any atom is -0.465 e. The topological polar surface area (TPSA) is 88.5 Å². The van der Waals surface area contributed by atoms with Gasteiger partial charge in [0.25, 0.3) is 5.91 Å². The number of carbonyl (C=O) groups excluding carboxylic acids is 2. The van der Waals surface area contributed by atoms with E-state index in [0.717, 1.165) is 16.9 Å². The van der Waals surface area contributed by atoms with Crippen LogP contribution in [-0.2, 0) is 11.3 Å². The summed E-state index contributed by atoms with van der Waals surface area (Å²) in [5, 5.41) is 12.0. The second-order valence-electron chi connectivity index (χ2n) is 7.18. The van der Waals surface area contributed by atoms with Gasteiger partial charge in [-0.2, -0.15) is 5.10 Å². The highest BCUT2D eigenvalue weighted by Gasteiger charge is 2.26. The summed E-state index contributed by atoms with van der Waals surface area (Å²) in [6.07, 6.45) is 1.79. The van der Waals surface area contributed by atoms with Crippen molar-refractivity contribution < 1.29 is 14.3 Å². The number of hydrogen-bond donors (Lipinski definition) is 2. The molecule has 2 heterocycles. The van der Waals surface area contributed by atoms with Crippen LogP contribution in [0.15, 0.2) is 30.5 Å². The molecule has 0 aliphatic heterocycles. The summed E-state index contributed by atoms with van der Waals surface area (Å²) in [6, 6.07) is 7.14. The molecule has 2 aromatic heterocycles. The first kappa shape index (κ1) is 25.0. The molecular formula is C21H21Cl2N5O3S2. The summed E-state index contributed by atoms with van der Waals surface area (Å²) in [4.78, 5) is 26.7. The van der Waals surface area contributed by atoms with Gasteiger partial charge in [0, 0.05) is 26.4 Å². The molecule has 0 fully saturated rings. The molecule has 33 heavy (non-hydrogen) atoms. The quantitative estimate of drug-likeness (QED) is 0.349. The molecule has 0 saturated carbocycles. The normalized spacial score (nSPS) is 10.6. The summed E-state index contributed by atoms with van der Waals surface area (Å²) >= 11 is 18.6. The van der Waals surface area contributed by atoms with Crippen molar-refractivity contribution in [3.8, 4) is 0 Å². The van der Waals surface area contributed by atoms with E-state index in [1.165, 1.54) is 12.0 Å². The zero-order valence-corrected chi connectivity index (χ0v) is 21.4. The van der Waals surface area contributed by atoms with Crippen molar-refractivity contribution in [3.05, 3.63) is 62.1 Å². The van der Waals surface area contributed by atoms with Crippen molar-refractivity contribution in [2.45, 2.75) is 13.5 Å². The molecule has 0 radical (unpaired) electrons. The van der Waals surface area contributed by atoms with Crippen molar-refractivity contribution >= 4 is 74.6 Å². The van der Waals surface area contributed by atoms with Crippen LogP contribution >= 0.6 is 46.8 Å². The number of thiophene rings is 1. The lowest BCUT2D eigenvalue weighted by molar-refractivity contribution is 0.0601. The summed E-state index contributed by atoms with van der Waals surface area (Å²) in [6.45, 7) is 2.19. The first-order chi connectivity index (χ1) is 15.6. The van der Waals surface area contributed by atoms with Gasteiger partial charge in [-0.1, -0.05) is 29.3 Å². The second-order valence-corrected chi connectivity index (χ2v) is 9.42. The molecule has 0 unspecified atom stereocenters. The van der Waals surface area contributed by atoms with Gasteiger partial charge in [-0.15, -0.1) is 11.3 Å². The van der Waals surface area contributed by atoms with E-state index in [9.17, 15) is 9.59 Å². The van der Waals surface area contributed by atoms with Gasteiger partial charge in [-0.05, 0) is 42.4 Å². The third kappa shape index (κ3) is 5.83. The van der Waals surface area contributed by atoms with E-state index in [2.05, 4.69) is 15.7 Å². The Hall–Kier alpha value is -2.66. The van der Waals surface area contributed by atoms with Crippen LogP contribution in [0.1, 0.15) is 31.2 Å². The van der Waals surface area contributed by atoms with Gasteiger partial charge in [0.05, 0.1) is 34.1 Å². The number of methoxy groups -OCH3 is 1. The molecule has 12 heteroatoms. The summed E-state index contributed by atoms with van der Waals surface area (Å²) in [5.74, 6) is -0.265. The van der Waals surface area contributed by atoms with Crippen LogP contribution in [0.5, 0.6) is 0 Å². The molecule has 0 aliphatic rings. The molecule has 0 bridgehead atoms. The van der Waals surface area contributed by atoms with E-state index in [1.807, 2.05) is 6.07 Å². The van der Waals surface area contributed by atoms with E-state index in [4.69, 9.17) is 40.2 Å². The fraction of sp³-hybridized carbons (Fsp3) is 0.238. The van der Waals surface area contributed by atoms with Gasteiger partial charge in [-0.3, -0.25) is 9.48 Å². The number of esters is 1. The van der Waals surface area contributed by atoms with E-state index in [1.54, 1.807) is 50.1 Å². The Morgan fingerprint density at radius 1 is 1.21 bits per heavy atom. The van der Waals surface area contributed by atoms with Gasteiger partial charge >= 0.3 is 5.97 Å². The van der Waals surface area contributed by atoms with Crippen LogP contribution in [0.25, 0.3) is 0 Å². The Morgan fingerprint density at radius 3 is 2.58 bits per heavy atom. The maximum Gasteiger partial charge on any atom is 0.341 e. The Kier molecular flexibility index (Phi) is 7.96. The lowest BCUT2D eigenvalue weighted by Gasteiger charge is -2.09. The molecule has 0 atom stereocenters. The first-order valence-electron chi connectivity index (χ1n) is 9.59. The molecule has 0 spiro atoms. The molecule has 174 valence electrons. The smallest absolute Gasteiger partial charge is 0.341 e. The number of benzene rings is 1. The minimum absolute atomic E-state index is 0.212. The number of thiocarbonyl (C=S) groups is 1. The number of aromatic nitrogens is 2. The van der Waals surface area contributed by atoms with E-state index < -0.39 is 5.97 Å². The molecule has 1 amide bonds. The number of nitrogens with zero attached hydrogens (tertiary/aromatic N) is 3. The van der Waals surface area contributed by atoms with E-state index >= 15 is 0 Å². The second kappa shape index (κ2) is 10.5. The predicted octanol–water partition coefficient (Wildman–Crippen LogP) is 4.91. The van der Waals surface area contributed by atoms with Gasteiger partial charge in [0.1, 0.15) is 5.00 Å². The van der Waals surface area contributed by atoms with Crippen molar-refractivity contribution in [1.82, 2.24) is 14.7 Å². The highest BCUT2D eigenvalue weighted by Crippen LogP contribution is 2.34. The van der Waals surface area contributed by atoms with Gasteiger partial charge in [0.15, 0.2) is 10.9 Å². The average Bonchev–Trinajstić information content (AvgIpc) is 3.33. The maximum atomic E-state index is 12.5. The fourth-order valence-electron chi connectivity index (χ4n) is 2.95. The van der Waals surface area contributed by atoms with Crippen molar-refractivity contribution in [3.63, 3.8) is 0 Å². The number of nitrogens with one attached hydrogen (secondary N) is 2. The maximum absolute atomic E-state index is 12.5. The molecular weight excluding hydrogens is 505 g/mol. The number of rotatable bonds is 6. The number of halogens is 2. The molecule has 2 N–H and O–H groups in total. The van der Waals surface area contributed by atoms with Crippen molar-refractivity contribution in [2.24, 2.45) is 0 Å². The number of ether oxygens (including phenoxy) is 1. The van der Waals surface area contributed by atoms with Crippen LogP contribution < -0.4 is 10.6 Å². The Labute approximate surface area is 210 Å². The Bertz CT molecular complexity index is 1220. The SMILES string of the molecule is COC(=O)c1c(NC(=S)Nc2ccn(Cc3ccc(Cl)c(Cl)c3)n2)sc(C(=O)N(C)C)c1C. The number of amides is 1. The Morgan fingerprint density at radius 2 is 1.94 bits per heavy atom. The first-order valence-corrected chi connectivity index (χ1v) is 11.6. The van der Waals surface area contributed by atoms with Gasteiger partial charge < -0.3 is 20.3 Å². The molecule has 3 rings (SSSR count). The van der Waals surface area contributed by atoms with Crippen LogP contribution in [0.4, 0.5) is 10.8 Å². The zero-order valence-electron chi connectivity index (χ0n) is 18.2. The standard InChI is InChI=1S/C21H21Cl2N5O3S2/c1-11-16(20(30)31-4)18(33-17(11)19(29)27(2)3)25-21(32)24-15-7-8-28(26-15)10-12-5-6-13(22)14(23)9-12/h5-9H,10H2,1-4H3,(H2,24,25,26,32). The summed E-state index contributed by atoms with van der Waals surface area (Å²) in [7, 11) is 4.58. The van der Waals surface area contributed by atoms with Gasteiger partial charge in [-0.25, -0.2) is 4.79 Å². The minimum atomic E-state index is -0.558. The fourth-order valence-corrected chi connectivity index (χ4v) is 4.76. The predicted molar refractivity (Wildman–Crippen MR) is 136 cm³/mol. The third-order valence-electron chi connectivity index (χ3n) is 4.57. The number of carbonyl (C=O) groups is 2. The largest absolute Gasteiger partial charge is 0.465 e. The lowest BCUT2D eigenvalue weighted by atomic mass is 10.1. The number of hydrogen-bond acceptors (Lipinski definition) is 6. The monoisotopic (exact) mass is 525 g/mol.